The molecule has 1 fully saturated rings. The number of nitrogens with two attached hydrogens (primary N) is 2. The standard InChI is InChI=1S/C21H26N11O.Ni/c22-5-6-25-13-9-14(11-15(10-13)32-8-7-27-31-32)28-21-19(20(24)33)26-12-18(30-21)29-17-4-2-1-3-16(17)23;/h5-12,16-17H,1-4,23H2,(H6-,22,24,25,26,27,28,29,30,31,33);/q-1;+2/p-1/t16-,17+;/m0./s1. The van der Waals surface area contributed by atoms with Gasteiger partial charge in [-0.15, -0.1) is 10.8 Å². The molecule has 0 bridgehead atoms. The first-order valence-electron chi connectivity index (χ1n) is 10.5. The first kappa shape index (κ1) is 24.9. The van der Waals surface area contributed by atoms with Gasteiger partial charge in [0.25, 0.3) is 5.91 Å². The van der Waals surface area contributed by atoms with Gasteiger partial charge in [0, 0.05) is 17.8 Å². The van der Waals surface area contributed by atoms with Gasteiger partial charge < -0.3 is 33.2 Å². The van der Waals surface area contributed by atoms with Crippen molar-refractivity contribution in [2.75, 3.05) is 10.6 Å². The molecule has 2 heterocycles. The Morgan fingerprint density at radius 3 is 2.79 bits per heavy atom. The maximum atomic E-state index is 12.0. The van der Waals surface area contributed by atoms with E-state index >= 15 is 0 Å². The molecule has 180 valence electrons. The topological polar surface area (TPSA) is 188 Å². The summed E-state index contributed by atoms with van der Waals surface area (Å²) in [6.07, 6.45) is 11.3. The second kappa shape index (κ2) is 11.4. The van der Waals surface area contributed by atoms with Gasteiger partial charge in [0.15, 0.2) is 11.5 Å². The summed E-state index contributed by atoms with van der Waals surface area (Å²) in [5, 5.41) is 18.5. The van der Waals surface area contributed by atoms with Crippen LogP contribution in [0.4, 0.5) is 23.0 Å². The van der Waals surface area contributed by atoms with Crippen molar-refractivity contribution in [3.05, 3.63) is 65.9 Å². The van der Waals surface area contributed by atoms with E-state index in [1.807, 2.05) is 0 Å². The molecule has 2 aromatic heterocycles. The molecule has 0 unspecified atom stereocenters. The number of nitrogens with zero attached hydrogens (tertiary/aromatic N) is 6. The van der Waals surface area contributed by atoms with Gasteiger partial charge in [-0.2, -0.15) is 6.20 Å². The zero-order valence-corrected chi connectivity index (χ0v) is 19.2. The average Bonchev–Trinajstić information content (AvgIpc) is 3.34. The molecule has 0 radical (unpaired) electrons. The van der Waals surface area contributed by atoms with Crippen molar-refractivity contribution in [2.45, 2.75) is 37.8 Å². The van der Waals surface area contributed by atoms with E-state index in [1.165, 1.54) is 12.4 Å². The summed E-state index contributed by atoms with van der Waals surface area (Å²) in [7, 11) is 0. The van der Waals surface area contributed by atoms with Crippen LogP contribution in [-0.4, -0.2) is 43.0 Å². The van der Waals surface area contributed by atoms with E-state index < -0.39 is 5.91 Å². The molecule has 0 saturated heterocycles. The number of primary amides is 1. The maximum absolute atomic E-state index is 12.0. The Balaban J connectivity index is 0.00000324. The van der Waals surface area contributed by atoms with Gasteiger partial charge in [0.2, 0.25) is 0 Å². The summed E-state index contributed by atoms with van der Waals surface area (Å²) in [5.41, 5.74) is 20.8. The minimum atomic E-state index is -0.708. The summed E-state index contributed by atoms with van der Waals surface area (Å²) in [5.74, 6) is -0.00525. The van der Waals surface area contributed by atoms with E-state index in [9.17, 15) is 4.79 Å². The second-order valence-electron chi connectivity index (χ2n) is 7.67. The Morgan fingerprint density at radius 1 is 1.26 bits per heavy atom. The predicted octanol–water partition coefficient (Wildman–Crippen LogP) is 3.11. The number of rotatable bonds is 8. The summed E-state index contributed by atoms with van der Waals surface area (Å²) in [6, 6.07) is 5.42. The first-order valence-corrected chi connectivity index (χ1v) is 10.5. The Kier molecular flexibility index (Phi) is 8.39. The van der Waals surface area contributed by atoms with Crippen LogP contribution in [-0.2, 0) is 16.5 Å². The van der Waals surface area contributed by atoms with Crippen LogP contribution in [0, 0.1) is 0 Å². The molecule has 34 heavy (non-hydrogen) atoms. The van der Waals surface area contributed by atoms with E-state index in [0.717, 1.165) is 31.9 Å². The molecular formula is C21H25N11NiO. The molecule has 7 N–H and O–H groups in total. The second-order valence-corrected chi connectivity index (χ2v) is 7.67. The third kappa shape index (κ3) is 6.00. The number of hydrogen-bond acceptors (Lipinski definition) is 8. The SMILES string of the molecule is [NH-]/C=C\[N-]c1cc(Nc2nc(N[C@@H]3CCCC[C@@H]3N)cnc2C(N)=O)cc(-n2ccnn2)c1.[Ni+2]. The molecule has 4 rings (SSSR count). The average molecular weight is 506 g/mol. The minimum absolute atomic E-state index is 0. The Bertz CT molecular complexity index is 1140. The van der Waals surface area contributed by atoms with Gasteiger partial charge in [-0.1, -0.05) is 30.2 Å². The number of aromatic nitrogens is 5. The van der Waals surface area contributed by atoms with Crippen molar-refractivity contribution >= 4 is 28.9 Å². The van der Waals surface area contributed by atoms with E-state index in [1.54, 1.807) is 35.3 Å². The van der Waals surface area contributed by atoms with Crippen molar-refractivity contribution in [1.29, 1.82) is 0 Å². The van der Waals surface area contributed by atoms with Crippen LogP contribution < -0.4 is 22.1 Å². The molecule has 1 aliphatic rings. The molecule has 1 aromatic carbocycles. The number of benzene rings is 1. The molecule has 0 aliphatic heterocycles. The third-order valence-electron chi connectivity index (χ3n) is 5.31. The largest absolute Gasteiger partial charge is 2.00 e. The van der Waals surface area contributed by atoms with Crippen molar-refractivity contribution < 1.29 is 21.3 Å². The fourth-order valence-corrected chi connectivity index (χ4v) is 3.73. The van der Waals surface area contributed by atoms with Gasteiger partial charge >= 0.3 is 16.5 Å². The van der Waals surface area contributed by atoms with E-state index in [-0.39, 0.29) is 40.1 Å². The van der Waals surface area contributed by atoms with Crippen LogP contribution in [0.25, 0.3) is 16.7 Å². The van der Waals surface area contributed by atoms with Crippen molar-refractivity contribution in [2.24, 2.45) is 11.5 Å². The Morgan fingerprint density at radius 2 is 2.09 bits per heavy atom. The van der Waals surface area contributed by atoms with E-state index in [4.69, 9.17) is 17.2 Å². The molecule has 13 heteroatoms. The molecule has 1 amide bonds. The van der Waals surface area contributed by atoms with Crippen molar-refractivity contribution in [1.82, 2.24) is 25.0 Å². The number of carbonyl (C=O) groups is 1. The molecule has 1 saturated carbocycles. The maximum Gasteiger partial charge on any atom is 2.00 e. The summed E-state index contributed by atoms with van der Waals surface area (Å²) in [4.78, 5) is 20.8. The zero-order chi connectivity index (χ0) is 23.2. The van der Waals surface area contributed by atoms with Crippen LogP contribution in [0.3, 0.4) is 0 Å². The van der Waals surface area contributed by atoms with Crippen molar-refractivity contribution in [3.63, 3.8) is 0 Å². The smallest absolute Gasteiger partial charge is 0.706 e. The first-order chi connectivity index (χ1) is 16.0. The summed E-state index contributed by atoms with van der Waals surface area (Å²) >= 11 is 0. The molecule has 12 nitrogen and oxygen atoms in total. The molecule has 1 aliphatic carbocycles. The fourth-order valence-electron chi connectivity index (χ4n) is 3.73. The van der Waals surface area contributed by atoms with Crippen LogP contribution >= 0.6 is 0 Å². The van der Waals surface area contributed by atoms with E-state index in [0.29, 0.717) is 22.9 Å². The van der Waals surface area contributed by atoms with Gasteiger partial charge in [-0.05, 0) is 18.9 Å². The summed E-state index contributed by atoms with van der Waals surface area (Å²) in [6.45, 7) is 0. The minimum Gasteiger partial charge on any atom is -0.706 e. The third-order valence-corrected chi connectivity index (χ3v) is 5.31. The summed E-state index contributed by atoms with van der Waals surface area (Å²) < 4.78 is 1.57. The molecule has 0 spiro atoms. The number of anilines is 3. The Hall–Kier alpha value is -3.70. The van der Waals surface area contributed by atoms with Crippen molar-refractivity contribution in [3.8, 4) is 5.69 Å². The van der Waals surface area contributed by atoms with Gasteiger partial charge in [0.05, 0.1) is 24.3 Å². The number of hydrogen-bond donors (Lipinski definition) is 4. The van der Waals surface area contributed by atoms with Crippen LogP contribution in [0.5, 0.6) is 0 Å². The van der Waals surface area contributed by atoms with Gasteiger partial charge in [-0.25, -0.2) is 20.8 Å². The molecular weight excluding hydrogens is 481 g/mol. The monoisotopic (exact) mass is 505 g/mol. The predicted molar refractivity (Wildman–Crippen MR) is 126 cm³/mol. The van der Waals surface area contributed by atoms with Gasteiger partial charge in [-0.3, -0.25) is 4.79 Å². The zero-order valence-electron chi connectivity index (χ0n) is 18.2. The van der Waals surface area contributed by atoms with E-state index in [2.05, 4.69) is 36.2 Å². The molecule has 2 atom stereocenters. The Labute approximate surface area is 206 Å². The normalized spacial score (nSPS) is 17.7. The number of amides is 1. The van der Waals surface area contributed by atoms with Crippen LogP contribution in [0.2, 0.25) is 0 Å². The number of carbonyl (C=O) groups excluding carboxylic acids is 1. The van der Waals surface area contributed by atoms with Crippen LogP contribution in [0.15, 0.2) is 49.2 Å². The fraction of sp³-hybridized carbons (Fsp3) is 0.286. The van der Waals surface area contributed by atoms with Crippen LogP contribution in [0.1, 0.15) is 36.2 Å². The molecule has 3 aromatic rings. The number of nitrogens with one attached hydrogen (secondary N) is 3. The quantitative estimate of drug-likeness (QED) is 0.335. The van der Waals surface area contributed by atoms with Gasteiger partial charge in [0.1, 0.15) is 5.82 Å².